The van der Waals surface area contributed by atoms with Gasteiger partial charge in [0.25, 0.3) is 0 Å². The number of hydrogen-bond acceptors (Lipinski definition) is 2. The number of fused-ring (bicyclic) bond motifs is 2. The molecular formula is C15H28N2O. The molecule has 1 N–H and O–H groups in total. The quantitative estimate of drug-likeness (QED) is 0.815. The van der Waals surface area contributed by atoms with Crippen molar-refractivity contribution in [1.29, 1.82) is 0 Å². The highest BCUT2D eigenvalue weighted by atomic mass is 16.2. The first-order chi connectivity index (χ1) is 8.65. The largest absolute Gasteiger partial charge is 0.339 e. The summed E-state index contributed by atoms with van der Waals surface area (Å²) in [4.78, 5) is 14.7. The van der Waals surface area contributed by atoms with E-state index in [0.29, 0.717) is 24.0 Å². The average molecular weight is 252 g/mol. The molecule has 2 aliphatic rings. The predicted octanol–water partition coefficient (Wildman–Crippen LogP) is 2.55. The molecule has 0 aromatic rings. The standard InChI is InChI=1S/C15H28N2O/c1-4-8-17(15(18)11(3)5-2)14-9-12-6-7-13(10-14)16-12/h11-14,16H,4-10H2,1-3H3. The van der Waals surface area contributed by atoms with E-state index >= 15 is 0 Å². The molecule has 104 valence electrons. The fraction of sp³-hybridized carbons (Fsp3) is 0.933. The Hall–Kier alpha value is -0.570. The van der Waals surface area contributed by atoms with Crippen LogP contribution in [0.15, 0.2) is 0 Å². The van der Waals surface area contributed by atoms with Gasteiger partial charge in [0.05, 0.1) is 0 Å². The molecule has 0 radical (unpaired) electrons. The van der Waals surface area contributed by atoms with Crippen molar-refractivity contribution in [2.45, 2.75) is 77.4 Å². The maximum Gasteiger partial charge on any atom is 0.225 e. The van der Waals surface area contributed by atoms with E-state index in [1.807, 2.05) is 0 Å². The van der Waals surface area contributed by atoms with Gasteiger partial charge >= 0.3 is 0 Å². The molecule has 2 rings (SSSR count). The highest BCUT2D eigenvalue weighted by molar-refractivity contribution is 5.78. The maximum atomic E-state index is 12.5. The average Bonchev–Trinajstić information content (AvgIpc) is 2.73. The first-order valence-electron chi connectivity index (χ1n) is 7.72. The van der Waals surface area contributed by atoms with Crippen LogP contribution in [0.5, 0.6) is 0 Å². The summed E-state index contributed by atoms with van der Waals surface area (Å²) in [5, 5.41) is 3.66. The number of carbonyl (C=O) groups is 1. The van der Waals surface area contributed by atoms with Crippen LogP contribution in [0.4, 0.5) is 0 Å². The number of nitrogens with zero attached hydrogens (tertiary/aromatic N) is 1. The van der Waals surface area contributed by atoms with Gasteiger partial charge in [0, 0.05) is 30.6 Å². The van der Waals surface area contributed by atoms with Gasteiger partial charge in [0.1, 0.15) is 0 Å². The molecule has 0 saturated carbocycles. The lowest BCUT2D eigenvalue weighted by atomic mass is 9.96. The minimum absolute atomic E-state index is 0.184. The third-order valence-electron chi connectivity index (χ3n) is 4.67. The van der Waals surface area contributed by atoms with Crippen LogP contribution < -0.4 is 5.32 Å². The summed E-state index contributed by atoms with van der Waals surface area (Å²) in [5.74, 6) is 0.565. The second-order valence-electron chi connectivity index (χ2n) is 6.10. The Morgan fingerprint density at radius 2 is 1.89 bits per heavy atom. The number of hydrogen-bond donors (Lipinski definition) is 1. The maximum absolute atomic E-state index is 12.5. The van der Waals surface area contributed by atoms with Gasteiger partial charge in [-0.05, 0) is 38.5 Å². The number of nitrogens with one attached hydrogen (secondary N) is 1. The summed E-state index contributed by atoms with van der Waals surface area (Å²) < 4.78 is 0. The molecule has 0 aliphatic carbocycles. The predicted molar refractivity (Wildman–Crippen MR) is 74.4 cm³/mol. The lowest BCUT2D eigenvalue weighted by molar-refractivity contribution is -0.138. The summed E-state index contributed by atoms with van der Waals surface area (Å²) in [6.07, 6.45) is 6.97. The Bertz CT molecular complexity index is 280. The molecular weight excluding hydrogens is 224 g/mol. The summed E-state index contributed by atoms with van der Waals surface area (Å²) in [6, 6.07) is 1.82. The molecule has 2 bridgehead atoms. The molecule has 3 atom stereocenters. The summed E-state index contributed by atoms with van der Waals surface area (Å²) in [7, 11) is 0. The molecule has 2 saturated heterocycles. The minimum atomic E-state index is 0.184. The van der Waals surface area contributed by atoms with Crippen molar-refractivity contribution < 1.29 is 4.79 Å². The molecule has 2 fully saturated rings. The summed E-state index contributed by atoms with van der Waals surface area (Å²) >= 11 is 0. The fourth-order valence-electron chi connectivity index (χ4n) is 3.45. The highest BCUT2D eigenvalue weighted by Crippen LogP contribution is 2.30. The number of carbonyl (C=O) groups excluding carboxylic acids is 1. The normalized spacial score (nSPS) is 32.3. The van der Waals surface area contributed by atoms with Crippen LogP contribution in [0, 0.1) is 5.92 Å². The van der Waals surface area contributed by atoms with Crippen molar-refractivity contribution in [3.8, 4) is 0 Å². The van der Waals surface area contributed by atoms with Crippen LogP contribution in [-0.2, 0) is 4.79 Å². The first kappa shape index (κ1) is 13.9. The number of piperidine rings is 1. The van der Waals surface area contributed by atoms with Gasteiger partial charge in [-0.1, -0.05) is 20.8 Å². The zero-order valence-electron chi connectivity index (χ0n) is 12.1. The second kappa shape index (κ2) is 6.05. The Labute approximate surface area is 111 Å². The van der Waals surface area contributed by atoms with Crippen molar-refractivity contribution in [3.63, 3.8) is 0 Å². The van der Waals surface area contributed by atoms with E-state index in [-0.39, 0.29) is 5.92 Å². The Balaban J connectivity index is 2.02. The van der Waals surface area contributed by atoms with Gasteiger partial charge in [-0.15, -0.1) is 0 Å². The summed E-state index contributed by atoms with van der Waals surface area (Å²) in [5.41, 5.74) is 0. The third-order valence-corrected chi connectivity index (χ3v) is 4.67. The first-order valence-corrected chi connectivity index (χ1v) is 7.72. The molecule has 0 spiro atoms. The van der Waals surface area contributed by atoms with Gasteiger partial charge in [-0.2, -0.15) is 0 Å². The lowest BCUT2D eigenvalue weighted by Crippen LogP contribution is -2.51. The van der Waals surface area contributed by atoms with Gasteiger partial charge in [-0.3, -0.25) is 4.79 Å². The second-order valence-corrected chi connectivity index (χ2v) is 6.10. The van der Waals surface area contributed by atoms with E-state index in [1.54, 1.807) is 0 Å². The van der Waals surface area contributed by atoms with Crippen molar-refractivity contribution >= 4 is 5.91 Å². The van der Waals surface area contributed by atoms with E-state index in [9.17, 15) is 4.79 Å². The van der Waals surface area contributed by atoms with Crippen molar-refractivity contribution in [2.24, 2.45) is 5.92 Å². The van der Waals surface area contributed by atoms with Crippen molar-refractivity contribution in [3.05, 3.63) is 0 Å². The monoisotopic (exact) mass is 252 g/mol. The molecule has 0 aromatic carbocycles. The highest BCUT2D eigenvalue weighted by Gasteiger charge is 2.37. The van der Waals surface area contributed by atoms with Crippen molar-refractivity contribution in [1.82, 2.24) is 10.2 Å². The molecule has 2 aliphatic heterocycles. The van der Waals surface area contributed by atoms with Crippen LogP contribution >= 0.6 is 0 Å². The van der Waals surface area contributed by atoms with Gasteiger partial charge < -0.3 is 10.2 Å². The molecule has 3 unspecified atom stereocenters. The zero-order valence-corrected chi connectivity index (χ0v) is 12.1. The van der Waals surface area contributed by atoms with Gasteiger partial charge in [0.2, 0.25) is 5.91 Å². The van der Waals surface area contributed by atoms with E-state index in [2.05, 4.69) is 31.0 Å². The Morgan fingerprint density at radius 1 is 1.28 bits per heavy atom. The molecule has 0 aromatic heterocycles. The van der Waals surface area contributed by atoms with E-state index in [1.165, 1.54) is 25.7 Å². The number of rotatable bonds is 5. The number of amides is 1. The van der Waals surface area contributed by atoms with E-state index in [4.69, 9.17) is 0 Å². The smallest absolute Gasteiger partial charge is 0.225 e. The van der Waals surface area contributed by atoms with E-state index < -0.39 is 0 Å². The third kappa shape index (κ3) is 2.87. The Morgan fingerprint density at radius 3 is 2.39 bits per heavy atom. The molecule has 18 heavy (non-hydrogen) atoms. The Kier molecular flexibility index (Phi) is 4.66. The van der Waals surface area contributed by atoms with Gasteiger partial charge in [0.15, 0.2) is 0 Å². The van der Waals surface area contributed by atoms with Crippen LogP contribution in [0.1, 0.15) is 59.3 Å². The molecule has 2 heterocycles. The summed E-state index contributed by atoms with van der Waals surface area (Å²) in [6.45, 7) is 7.29. The molecule has 3 heteroatoms. The molecule has 1 amide bonds. The fourth-order valence-corrected chi connectivity index (χ4v) is 3.45. The van der Waals surface area contributed by atoms with Crippen LogP contribution in [0.3, 0.4) is 0 Å². The van der Waals surface area contributed by atoms with E-state index in [0.717, 1.165) is 19.4 Å². The van der Waals surface area contributed by atoms with Gasteiger partial charge in [-0.25, -0.2) is 0 Å². The minimum Gasteiger partial charge on any atom is -0.339 e. The van der Waals surface area contributed by atoms with Crippen LogP contribution in [-0.4, -0.2) is 35.5 Å². The van der Waals surface area contributed by atoms with Crippen LogP contribution in [0.2, 0.25) is 0 Å². The molecule has 3 nitrogen and oxygen atoms in total. The lowest BCUT2D eigenvalue weighted by Gasteiger charge is -2.39. The SMILES string of the molecule is CCCN(C(=O)C(C)CC)C1CC2CCC(C1)N2. The zero-order chi connectivity index (χ0) is 13.1. The topological polar surface area (TPSA) is 32.3 Å². The van der Waals surface area contributed by atoms with Crippen molar-refractivity contribution in [2.75, 3.05) is 6.54 Å². The van der Waals surface area contributed by atoms with Crippen LogP contribution in [0.25, 0.3) is 0 Å².